The van der Waals surface area contributed by atoms with Crippen molar-refractivity contribution in [1.82, 2.24) is 9.97 Å². The van der Waals surface area contributed by atoms with Gasteiger partial charge in [-0.3, -0.25) is 0 Å². The molecular weight excluding hydrogens is 328 g/mol. The maximum Gasteiger partial charge on any atom is 0.224 e. The lowest BCUT2D eigenvalue weighted by molar-refractivity contribution is 1.000. The molecule has 0 spiro atoms. The number of rotatable bonds is 4. The molecule has 7 heteroatoms. The zero-order chi connectivity index (χ0) is 13.8. The molecule has 0 fully saturated rings. The minimum absolute atomic E-state index is 0.141. The van der Waals surface area contributed by atoms with Gasteiger partial charge in [-0.25, -0.2) is 4.98 Å². The van der Waals surface area contributed by atoms with Crippen molar-refractivity contribution < 1.29 is 0 Å². The molecule has 2 rings (SSSR count). The summed E-state index contributed by atoms with van der Waals surface area (Å²) in [4.78, 5) is 7.77. The van der Waals surface area contributed by atoms with E-state index in [1.165, 1.54) is 6.20 Å². The smallest absolute Gasteiger partial charge is 0.224 e. The van der Waals surface area contributed by atoms with Gasteiger partial charge in [-0.2, -0.15) is 4.98 Å². The van der Waals surface area contributed by atoms with Crippen LogP contribution in [0.1, 0.15) is 5.56 Å². The number of nitrogens with zero attached hydrogens (tertiary/aromatic N) is 2. The van der Waals surface area contributed by atoms with E-state index in [1.54, 1.807) is 12.1 Å². The molecule has 1 heterocycles. The Balaban J connectivity index is 2.02. The predicted octanol–water partition coefficient (Wildman–Crippen LogP) is 4.74. The van der Waals surface area contributed by atoms with Crippen LogP contribution in [0.2, 0.25) is 20.4 Å². The fourth-order valence-electron chi connectivity index (χ4n) is 1.55. The van der Waals surface area contributed by atoms with E-state index in [4.69, 9.17) is 46.4 Å². The highest BCUT2D eigenvalue weighted by Crippen LogP contribution is 2.25. The molecule has 0 aliphatic rings. The highest BCUT2D eigenvalue weighted by Gasteiger charge is 2.07. The summed E-state index contributed by atoms with van der Waals surface area (Å²) < 4.78 is 0. The average molecular weight is 337 g/mol. The molecule has 0 aliphatic heterocycles. The van der Waals surface area contributed by atoms with Crippen molar-refractivity contribution >= 4 is 52.2 Å². The summed E-state index contributed by atoms with van der Waals surface area (Å²) in [6.07, 6.45) is 2.10. The number of anilines is 1. The van der Waals surface area contributed by atoms with Crippen molar-refractivity contribution in [3.63, 3.8) is 0 Å². The van der Waals surface area contributed by atoms with Gasteiger partial charge in [0, 0.05) is 16.6 Å². The lowest BCUT2D eigenvalue weighted by Crippen LogP contribution is -2.08. The fourth-order valence-corrected chi connectivity index (χ4v) is 2.42. The quantitative estimate of drug-likeness (QED) is 0.819. The number of halogens is 4. The highest BCUT2D eigenvalue weighted by atomic mass is 35.5. The summed E-state index contributed by atoms with van der Waals surface area (Å²) in [5.41, 5.74) is 0.884. The van der Waals surface area contributed by atoms with Crippen molar-refractivity contribution in [2.24, 2.45) is 0 Å². The third-order valence-corrected chi connectivity index (χ3v) is 3.61. The Bertz CT molecular complexity index is 569. The second-order valence-electron chi connectivity index (χ2n) is 3.71. The Kier molecular flexibility index (Phi) is 5.11. The van der Waals surface area contributed by atoms with Crippen molar-refractivity contribution in [3.8, 4) is 0 Å². The van der Waals surface area contributed by atoms with Crippen molar-refractivity contribution in [1.29, 1.82) is 0 Å². The summed E-state index contributed by atoms with van der Waals surface area (Å²) in [6.45, 7) is 0.580. The molecule has 0 radical (unpaired) electrons. The first-order chi connectivity index (χ1) is 9.08. The molecule has 1 N–H and O–H groups in total. The molecule has 0 saturated carbocycles. The summed E-state index contributed by atoms with van der Waals surface area (Å²) in [6, 6.07) is 5.41. The minimum atomic E-state index is 0.141. The Hall–Kier alpha value is -0.740. The van der Waals surface area contributed by atoms with Crippen LogP contribution in [0.5, 0.6) is 0 Å². The van der Waals surface area contributed by atoms with E-state index in [9.17, 15) is 0 Å². The van der Waals surface area contributed by atoms with Crippen LogP contribution in [-0.4, -0.2) is 16.5 Å². The lowest BCUT2D eigenvalue weighted by Gasteiger charge is -2.09. The molecule has 100 valence electrons. The van der Waals surface area contributed by atoms with Gasteiger partial charge in [0.25, 0.3) is 0 Å². The van der Waals surface area contributed by atoms with Gasteiger partial charge >= 0.3 is 0 Å². The molecular formula is C12H9Cl4N3. The van der Waals surface area contributed by atoms with Gasteiger partial charge in [0.15, 0.2) is 0 Å². The zero-order valence-corrected chi connectivity index (χ0v) is 12.7. The first-order valence-electron chi connectivity index (χ1n) is 5.42. The van der Waals surface area contributed by atoms with Crippen molar-refractivity contribution in [3.05, 3.63) is 50.3 Å². The molecule has 2 aromatic rings. The van der Waals surface area contributed by atoms with Gasteiger partial charge in [-0.1, -0.05) is 40.9 Å². The Morgan fingerprint density at radius 1 is 1.00 bits per heavy atom. The van der Waals surface area contributed by atoms with E-state index in [0.717, 1.165) is 5.56 Å². The van der Waals surface area contributed by atoms with Gasteiger partial charge < -0.3 is 5.32 Å². The van der Waals surface area contributed by atoms with Crippen LogP contribution in [0, 0.1) is 0 Å². The van der Waals surface area contributed by atoms with Crippen LogP contribution in [-0.2, 0) is 6.42 Å². The number of nitrogens with one attached hydrogen (secondary N) is 1. The van der Waals surface area contributed by atoms with Gasteiger partial charge in [0.05, 0.1) is 6.20 Å². The van der Waals surface area contributed by atoms with Gasteiger partial charge in [0.1, 0.15) is 10.8 Å². The molecule has 0 amide bonds. The molecule has 1 aromatic heterocycles. The zero-order valence-electron chi connectivity index (χ0n) is 9.63. The van der Waals surface area contributed by atoms with Crippen LogP contribution < -0.4 is 5.32 Å². The first kappa shape index (κ1) is 14.7. The standard InChI is InChI=1S/C12H9Cl4N3/c13-8-2-1-3-9(14)7(8)4-5-17-11-10(15)6-18-12(16)19-11/h1-3,6H,4-5H2,(H,17,18,19). The van der Waals surface area contributed by atoms with Gasteiger partial charge in [-0.05, 0) is 35.7 Å². The van der Waals surface area contributed by atoms with E-state index in [0.29, 0.717) is 33.9 Å². The van der Waals surface area contributed by atoms with Crippen LogP contribution in [0.25, 0.3) is 0 Å². The molecule has 0 aliphatic carbocycles. The second-order valence-corrected chi connectivity index (χ2v) is 5.27. The van der Waals surface area contributed by atoms with Crippen molar-refractivity contribution in [2.75, 3.05) is 11.9 Å². The summed E-state index contributed by atoms with van der Waals surface area (Å²) in [5.74, 6) is 0.491. The predicted molar refractivity (Wildman–Crippen MR) is 80.7 cm³/mol. The first-order valence-corrected chi connectivity index (χ1v) is 6.94. The molecule has 3 nitrogen and oxygen atoms in total. The Morgan fingerprint density at radius 3 is 2.37 bits per heavy atom. The average Bonchev–Trinajstić information content (AvgIpc) is 2.37. The van der Waals surface area contributed by atoms with Gasteiger partial charge in [-0.15, -0.1) is 0 Å². The molecule has 19 heavy (non-hydrogen) atoms. The highest BCUT2D eigenvalue weighted by molar-refractivity contribution is 6.36. The van der Waals surface area contributed by atoms with Crippen LogP contribution >= 0.6 is 46.4 Å². The van der Waals surface area contributed by atoms with E-state index < -0.39 is 0 Å². The largest absolute Gasteiger partial charge is 0.368 e. The van der Waals surface area contributed by atoms with Crippen molar-refractivity contribution in [2.45, 2.75) is 6.42 Å². The number of benzene rings is 1. The Labute approximate surface area is 130 Å². The molecule has 1 aromatic carbocycles. The third kappa shape index (κ3) is 3.86. The topological polar surface area (TPSA) is 37.8 Å². The lowest BCUT2D eigenvalue weighted by atomic mass is 10.1. The maximum atomic E-state index is 6.08. The van der Waals surface area contributed by atoms with E-state index in [2.05, 4.69) is 15.3 Å². The molecule has 0 saturated heterocycles. The molecule has 0 bridgehead atoms. The van der Waals surface area contributed by atoms with E-state index in [1.807, 2.05) is 6.07 Å². The maximum absolute atomic E-state index is 6.08. The monoisotopic (exact) mass is 335 g/mol. The second kappa shape index (κ2) is 6.62. The number of aromatic nitrogens is 2. The summed E-state index contributed by atoms with van der Waals surface area (Å²) in [7, 11) is 0. The third-order valence-electron chi connectivity index (χ3n) is 2.44. The number of hydrogen-bond acceptors (Lipinski definition) is 3. The fraction of sp³-hybridized carbons (Fsp3) is 0.167. The molecule has 0 atom stereocenters. The van der Waals surface area contributed by atoms with Gasteiger partial charge in [0.2, 0.25) is 5.28 Å². The normalized spacial score (nSPS) is 10.5. The summed E-state index contributed by atoms with van der Waals surface area (Å²) in [5, 5.41) is 4.90. The summed E-state index contributed by atoms with van der Waals surface area (Å²) >= 11 is 23.8. The number of hydrogen-bond donors (Lipinski definition) is 1. The van der Waals surface area contributed by atoms with Crippen LogP contribution in [0.15, 0.2) is 24.4 Å². The van der Waals surface area contributed by atoms with E-state index >= 15 is 0 Å². The minimum Gasteiger partial charge on any atom is -0.368 e. The van der Waals surface area contributed by atoms with Crippen LogP contribution in [0.4, 0.5) is 5.82 Å². The SMILES string of the molecule is Clc1ncc(Cl)c(NCCc2c(Cl)cccc2Cl)n1. The van der Waals surface area contributed by atoms with Crippen LogP contribution in [0.3, 0.4) is 0 Å². The Morgan fingerprint density at radius 2 is 1.68 bits per heavy atom. The van der Waals surface area contributed by atoms with E-state index in [-0.39, 0.29) is 5.28 Å². The molecule has 0 unspecified atom stereocenters.